The summed E-state index contributed by atoms with van der Waals surface area (Å²) in [4.78, 5) is 18.5. The number of thiophene rings is 1. The lowest BCUT2D eigenvalue weighted by Gasteiger charge is -2.27. The second-order valence-corrected chi connectivity index (χ2v) is 7.47. The van der Waals surface area contributed by atoms with E-state index in [4.69, 9.17) is 14.5 Å². The minimum atomic E-state index is -0.268. The van der Waals surface area contributed by atoms with Crippen LogP contribution in [0.15, 0.2) is 11.6 Å². The van der Waals surface area contributed by atoms with E-state index in [-0.39, 0.29) is 12.1 Å². The van der Waals surface area contributed by atoms with Crippen molar-refractivity contribution >= 4 is 33.7 Å². The van der Waals surface area contributed by atoms with Crippen LogP contribution in [0.5, 0.6) is 0 Å². The highest BCUT2D eigenvalue weighted by atomic mass is 32.1. The monoisotopic (exact) mass is 361 g/mol. The first-order valence-corrected chi connectivity index (χ1v) is 9.75. The van der Waals surface area contributed by atoms with E-state index in [1.54, 1.807) is 0 Å². The summed E-state index contributed by atoms with van der Waals surface area (Å²) in [5, 5.41) is 3.38. The molecule has 4 rings (SSSR count). The van der Waals surface area contributed by atoms with E-state index in [1.165, 1.54) is 16.9 Å². The molecule has 0 saturated carbocycles. The van der Waals surface area contributed by atoms with Crippen molar-refractivity contribution in [3.63, 3.8) is 0 Å². The largest absolute Gasteiger partial charge is 0.462 e. The maximum atomic E-state index is 12.0. The number of carbonyl (C=O) groups is 1. The molecule has 0 amide bonds. The van der Waals surface area contributed by atoms with Crippen molar-refractivity contribution in [2.75, 3.05) is 26.3 Å². The predicted octanol–water partition coefficient (Wildman–Crippen LogP) is 2.83. The molecule has 0 aromatic carbocycles. The number of hydrogen-bond donors (Lipinski definition) is 1. The Morgan fingerprint density at radius 1 is 1.52 bits per heavy atom. The molecule has 25 heavy (non-hydrogen) atoms. The molecule has 7 heteroatoms. The first-order valence-electron chi connectivity index (χ1n) is 8.93. The van der Waals surface area contributed by atoms with Gasteiger partial charge in [0.1, 0.15) is 21.0 Å². The summed E-state index contributed by atoms with van der Waals surface area (Å²) in [7, 11) is 0. The molecule has 2 aliphatic rings. The van der Waals surface area contributed by atoms with Crippen molar-refractivity contribution in [2.45, 2.75) is 38.8 Å². The topological polar surface area (TPSA) is 65.4 Å². The summed E-state index contributed by atoms with van der Waals surface area (Å²) >= 11 is 1.46. The summed E-state index contributed by atoms with van der Waals surface area (Å²) in [6.07, 6.45) is 5.67. The van der Waals surface area contributed by atoms with Gasteiger partial charge in [-0.2, -0.15) is 0 Å². The molecule has 1 atom stereocenters. The van der Waals surface area contributed by atoms with Gasteiger partial charge in [-0.05, 0) is 51.4 Å². The van der Waals surface area contributed by atoms with Crippen LogP contribution in [0.25, 0.3) is 16.4 Å². The zero-order valence-corrected chi connectivity index (χ0v) is 15.2. The van der Waals surface area contributed by atoms with Gasteiger partial charge < -0.3 is 19.4 Å². The third-order valence-corrected chi connectivity index (χ3v) is 5.81. The summed E-state index contributed by atoms with van der Waals surface area (Å²) in [6, 6.07) is 1.85. The van der Waals surface area contributed by atoms with Crippen LogP contribution in [0.1, 0.15) is 41.7 Å². The van der Waals surface area contributed by atoms with E-state index in [1.807, 2.05) is 13.0 Å². The lowest BCUT2D eigenvalue weighted by atomic mass is 10.1. The molecule has 4 heterocycles. The Hall–Kier alpha value is -1.70. The third kappa shape index (κ3) is 3.49. The highest BCUT2D eigenvalue weighted by molar-refractivity contribution is 7.20. The van der Waals surface area contributed by atoms with Gasteiger partial charge >= 0.3 is 5.97 Å². The predicted molar refractivity (Wildman–Crippen MR) is 98.0 cm³/mol. The lowest BCUT2D eigenvalue weighted by molar-refractivity contribution is -0.0586. The van der Waals surface area contributed by atoms with Crippen molar-refractivity contribution in [3.05, 3.63) is 22.3 Å². The second-order valence-electron chi connectivity index (χ2n) is 6.44. The van der Waals surface area contributed by atoms with E-state index in [2.05, 4.69) is 16.0 Å². The molecule has 0 spiro atoms. The van der Waals surface area contributed by atoms with Gasteiger partial charge in [0.05, 0.1) is 19.3 Å². The van der Waals surface area contributed by atoms with Crippen molar-refractivity contribution in [1.29, 1.82) is 0 Å². The summed E-state index contributed by atoms with van der Waals surface area (Å²) in [6.45, 7) is 5.88. The fourth-order valence-corrected chi connectivity index (χ4v) is 4.24. The molecule has 0 unspecified atom stereocenters. The molecule has 2 saturated heterocycles. The number of esters is 1. The second kappa shape index (κ2) is 7.27. The zero-order valence-electron chi connectivity index (χ0n) is 14.4. The first-order chi connectivity index (χ1) is 12.2. The molecule has 134 valence electrons. The lowest BCUT2D eigenvalue weighted by Crippen LogP contribution is -2.31. The number of fused-ring (bicyclic) bond motifs is 1. The average Bonchev–Trinajstić information content (AvgIpc) is 3.11. The van der Waals surface area contributed by atoms with Crippen LogP contribution < -0.4 is 5.32 Å². The minimum absolute atomic E-state index is 0.246. The van der Waals surface area contributed by atoms with Crippen molar-refractivity contribution < 1.29 is 14.3 Å². The molecule has 0 bridgehead atoms. The molecule has 0 radical (unpaired) electrons. The highest BCUT2D eigenvalue weighted by Gasteiger charge is 2.24. The number of hydrogen-bond acceptors (Lipinski definition) is 6. The van der Waals surface area contributed by atoms with Crippen LogP contribution in [-0.2, 0) is 16.0 Å². The van der Waals surface area contributed by atoms with Crippen molar-refractivity contribution in [2.24, 2.45) is 0 Å². The van der Waals surface area contributed by atoms with E-state index in [9.17, 15) is 4.79 Å². The molecule has 1 N–H and O–H groups in total. The number of nitrogens with one attached hydrogen (secondary N) is 1. The summed E-state index contributed by atoms with van der Waals surface area (Å²) in [5.41, 5.74) is 2.30. The van der Waals surface area contributed by atoms with Gasteiger partial charge in [-0.15, -0.1) is 11.3 Å². The normalized spacial score (nSPS) is 20.5. The van der Waals surface area contributed by atoms with Crippen LogP contribution in [0.4, 0.5) is 0 Å². The number of imidazole rings is 1. The van der Waals surface area contributed by atoms with E-state index >= 15 is 0 Å². The zero-order chi connectivity index (χ0) is 17.2. The third-order valence-electron chi connectivity index (χ3n) is 4.69. The van der Waals surface area contributed by atoms with Gasteiger partial charge in [0, 0.05) is 6.61 Å². The quantitative estimate of drug-likeness (QED) is 0.830. The van der Waals surface area contributed by atoms with Gasteiger partial charge in [-0.1, -0.05) is 5.57 Å². The number of rotatable bonds is 5. The number of nitrogens with zero attached hydrogens (tertiary/aromatic N) is 2. The van der Waals surface area contributed by atoms with E-state index in [0.717, 1.165) is 61.7 Å². The van der Waals surface area contributed by atoms with Crippen LogP contribution in [-0.4, -0.2) is 47.9 Å². The van der Waals surface area contributed by atoms with Gasteiger partial charge in [-0.25, -0.2) is 9.78 Å². The van der Waals surface area contributed by atoms with E-state index in [0.29, 0.717) is 11.5 Å². The standard InChI is InChI=1S/C18H23N3O3S/c1-2-23-18(22)15-10-14-17(25-15)21(11-13-5-8-24-13)16(20-14)9-12-3-6-19-7-4-12/h9-10,13,19H,2-8,11H2,1H3/t13-/m0/s1. The Labute approximate surface area is 150 Å². The Bertz CT molecular complexity index is 796. The molecule has 2 aliphatic heterocycles. The number of aromatic nitrogens is 2. The highest BCUT2D eigenvalue weighted by Crippen LogP contribution is 2.30. The van der Waals surface area contributed by atoms with Crippen LogP contribution in [0, 0.1) is 0 Å². The van der Waals surface area contributed by atoms with Crippen LogP contribution in [0.3, 0.4) is 0 Å². The van der Waals surface area contributed by atoms with Gasteiger partial charge in [-0.3, -0.25) is 0 Å². The number of piperidine rings is 1. The molecular weight excluding hydrogens is 338 g/mol. The molecule has 0 aliphatic carbocycles. The fourth-order valence-electron chi connectivity index (χ4n) is 3.23. The maximum absolute atomic E-state index is 12.0. The average molecular weight is 361 g/mol. The molecular formula is C18H23N3O3S. The van der Waals surface area contributed by atoms with E-state index < -0.39 is 0 Å². The Morgan fingerprint density at radius 3 is 3.00 bits per heavy atom. The fraction of sp³-hybridized carbons (Fsp3) is 0.556. The van der Waals surface area contributed by atoms with Gasteiger partial charge in [0.15, 0.2) is 0 Å². The molecule has 6 nitrogen and oxygen atoms in total. The Morgan fingerprint density at radius 2 is 2.32 bits per heavy atom. The summed E-state index contributed by atoms with van der Waals surface area (Å²) in [5.74, 6) is 0.708. The van der Waals surface area contributed by atoms with Gasteiger partial charge in [0.25, 0.3) is 0 Å². The first kappa shape index (κ1) is 16.8. The molecule has 2 fully saturated rings. The van der Waals surface area contributed by atoms with Crippen LogP contribution in [0.2, 0.25) is 0 Å². The number of carbonyl (C=O) groups excluding carboxylic acids is 1. The van der Waals surface area contributed by atoms with Gasteiger partial charge in [0.2, 0.25) is 0 Å². The van der Waals surface area contributed by atoms with Crippen molar-refractivity contribution in [3.8, 4) is 0 Å². The smallest absolute Gasteiger partial charge is 0.348 e. The Kier molecular flexibility index (Phi) is 4.87. The SMILES string of the molecule is CCOC(=O)c1cc2nc(C=C3CCNCC3)n(C[C@@H]3CCO3)c2s1. The Balaban J connectivity index is 1.69. The van der Waals surface area contributed by atoms with Crippen LogP contribution >= 0.6 is 11.3 Å². The van der Waals surface area contributed by atoms with Crippen molar-refractivity contribution in [1.82, 2.24) is 14.9 Å². The maximum Gasteiger partial charge on any atom is 0.348 e. The molecule has 2 aromatic heterocycles. The minimum Gasteiger partial charge on any atom is -0.462 e. The number of ether oxygens (including phenoxy) is 2. The molecule has 2 aromatic rings. The summed E-state index contributed by atoms with van der Waals surface area (Å²) < 4.78 is 13.0.